The van der Waals surface area contributed by atoms with E-state index in [2.05, 4.69) is 0 Å². The van der Waals surface area contributed by atoms with E-state index in [4.69, 9.17) is 7.85 Å². The molecule has 1 aromatic rings. The van der Waals surface area contributed by atoms with Crippen molar-refractivity contribution in [2.45, 2.75) is 13.8 Å². The molecule has 12 heavy (non-hydrogen) atoms. The monoisotopic (exact) mass is 170 g/mol. The lowest BCUT2D eigenvalue weighted by Gasteiger charge is -2.07. The predicted molar refractivity (Wildman–Crippen MR) is 41.2 cm³/mol. The van der Waals surface area contributed by atoms with Crippen molar-refractivity contribution in [2.24, 2.45) is 0 Å². The zero-order valence-electron chi connectivity index (χ0n) is 6.71. The average molecular weight is 170 g/mol. The molecule has 0 amide bonds. The van der Waals surface area contributed by atoms with Crippen LogP contribution in [0.5, 0.6) is 0 Å². The molecule has 0 atom stereocenters. The Morgan fingerprint density at radius 1 is 0.833 bits per heavy atom. The SMILES string of the molecule is [B]c1c(C)c(F)c(C)c(F)c1F. The quantitative estimate of drug-likeness (QED) is 0.409. The Kier molecular flexibility index (Phi) is 2.17. The second-order valence-corrected chi connectivity index (χ2v) is 2.61. The molecule has 0 aromatic heterocycles. The van der Waals surface area contributed by atoms with Gasteiger partial charge in [-0.05, 0) is 19.4 Å². The van der Waals surface area contributed by atoms with Gasteiger partial charge in [0.2, 0.25) is 0 Å². The van der Waals surface area contributed by atoms with Crippen molar-refractivity contribution in [1.82, 2.24) is 0 Å². The van der Waals surface area contributed by atoms with Gasteiger partial charge in [-0.2, -0.15) is 0 Å². The highest BCUT2D eigenvalue weighted by molar-refractivity contribution is 6.33. The lowest BCUT2D eigenvalue weighted by atomic mass is 9.88. The van der Waals surface area contributed by atoms with Crippen LogP contribution in [0.3, 0.4) is 0 Å². The maximum absolute atomic E-state index is 12.9. The van der Waals surface area contributed by atoms with Crippen molar-refractivity contribution in [3.63, 3.8) is 0 Å². The first kappa shape index (κ1) is 9.17. The van der Waals surface area contributed by atoms with E-state index in [1.165, 1.54) is 13.8 Å². The molecule has 0 aliphatic heterocycles. The lowest BCUT2D eigenvalue weighted by Crippen LogP contribution is -2.18. The Bertz CT molecular complexity index is 229. The standard InChI is InChI=1S/C8H6BF3/c1-3-5(9)8(12)7(11)4(2)6(3)10/h1-2H3. The van der Waals surface area contributed by atoms with Gasteiger partial charge in [-0.3, -0.25) is 0 Å². The van der Waals surface area contributed by atoms with Crippen LogP contribution < -0.4 is 5.46 Å². The molecule has 0 bridgehead atoms. The van der Waals surface area contributed by atoms with Gasteiger partial charge in [0, 0.05) is 5.56 Å². The van der Waals surface area contributed by atoms with Crippen LogP contribution in [0, 0.1) is 31.3 Å². The van der Waals surface area contributed by atoms with Gasteiger partial charge in [-0.1, -0.05) is 5.46 Å². The van der Waals surface area contributed by atoms with Crippen LogP contribution in [0.15, 0.2) is 0 Å². The van der Waals surface area contributed by atoms with Crippen molar-refractivity contribution < 1.29 is 13.2 Å². The molecule has 4 heteroatoms. The Morgan fingerprint density at radius 2 is 1.33 bits per heavy atom. The molecule has 0 spiro atoms. The fourth-order valence-electron chi connectivity index (χ4n) is 0.943. The van der Waals surface area contributed by atoms with E-state index < -0.39 is 22.9 Å². The van der Waals surface area contributed by atoms with Crippen LogP contribution in [0.1, 0.15) is 11.1 Å². The summed E-state index contributed by atoms with van der Waals surface area (Å²) < 4.78 is 38.4. The maximum atomic E-state index is 12.9. The average Bonchev–Trinajstić information content (AvgIpc) is 2.08. The summed E-state index contributed by atoms with van der Waals surface area (Å²) in [6.45, 7) is 2.47. The highest BCUT2D eigenvalue weighted by Crippen LogP contribution is 2.15. The van der Waals surface area contributed by atoms with Crippen LogP contribution in [0.2, 0.25) is 0 Å². The summed E-state index contributed by atoms with van der Waals surface area (Å²) in [5, 5.41) is 0. The first-order chi connectivity index (χ1) is 5.46. The second kappa shape index (κ2) is 2.85. The van der Waals surface area contributed by atoms with E-state index in [9.17, 15) is 13.2 Å². The van der Waals surface area contributed by atoms with Crippen LogP contribution in [-0.2, 0) is 0 Å². The van der Waals surface area contributed by atoms with Crippen LogP contribution >= 0.6 is 0 Å². The third-order valence-electron chi connectivity index (χ3n) is 1.82. The maximum Gasteiger partial charge on any atom is 0.164 e. The molecule has 1 rings (SSSR count). The number of halogens is 3. The van der Waals surface area contributed by atoms with Gasteiger partial charge >= 0.3 is 0 Å². The largest absolute Gasteiger partial charge is 0.206 e. The number of benzene rings is 1. The minimum absolute atomic E-state index is 0.0496. The molecule has 0 unspecified atom stereocenters. The smallest absolute Gasteiger partial charge is 0.164 e. The summed E-state index contributed by atoms with van der Waals surface area (Å²) in [5.41, 5.74) is -0.846. The zero-order chi connectivity index (χ0) is 9.46. The van der Waals surface area contributed by atoms with Gasteiger partial charge in [0.1, 0.15) is 13.7 Å². The third-order valence-corrected chi connectivity index (χ3v) is 1.82. The van der Waals surface area contributed by atoms with E-state index in [1.807, 2.05) is 0 Å². The molecular weight excluding hydrogens is 164 g/mol. The molecule has 62 valence electrons. The Hall–Kier alpha value is -0.925. The summed E-state index contributed by atoms with van der Waals surface area (Å²) in [7, 11) is 5.10. The fourth-order valence-corrected chi connectivity index (χ4v) is 0.943. The van der Waals surface area contributed by atoms with Crippen LogP contribution in [0.4, 0.5) is 13.2 Å². The molecule has 0 N–H and O–H groups in total. The zero-order valence-corrected chi connectivity index (χ0v) is 6.71. The number of hydrogen-bond acceptors (Lipinski definition) is 0. The molecule has 0 fully saturated rings. The van der Waals surface area contributed by atoms with E-state index in [0.29, 0.717) is 0 Å². The molecule has 0 saturated carbocycles. The number of hydrogen-bond donors (Lipinski definition) is 0. The van der Waals surface area contributed by atoms with E-state index >= 15 is 0 Å². The molecule has 0 aliphatic rings. The topological polar surface area (TPSA) is 0 Å². The first-order valence-electron chi connectivity index (χ1n) is 3.36. The highest BCUT2D eigenvalue weighted by atomic mass is 19.2. The molecule has 0 aliphatic carbocycles. The Labute approximate surface area is 69.8 Å². The Morgan fingerprint density at radius 3 is 1.83 bits per heavy atom. The van der Waals surface area contributed by atoms with Crippen molar-refractivity contribution >= 4 is 13.3 Å². The third kappa shape index (κ3) is 1.11. The van der Waals surface area contributed by atoms with Gasteiger partial charge in [-0.25, -0.2) is 13.2 Å². The summed E-state index contributed by atoms with van der Waals surface area (Å²) in [5.74, 6) is -3.17. The molecular formula is C8H6BF3. The minimum Gasteiger partial charge on any atom is -0.206 e. The fraction of sp³-hybridized carbons (Fsp3) is 0.250. The minimum atomic E-state index is -1.21. The van der Waals surface area contributed by atoms with Crippen molar-refractivity contribution in [3.05, 3.63) is 28.6 Å². The summed E-state index contributed by atoms with van der Waals surface area (Å²) in [6, 6.07) is 0. The molecule has 2 radical (unpaired) electrons. The van der Waals surface area contributed by atoms with E-state index in [0.717, 1.165) is 0 Å². The summed E-state index contributed by atoms with van der Waals surface area (Å²) >= 11 is 0. The van der Waals surface area contributed by atoms with Gasteiger partial charge in [0.25, 0.3) is 0 Å². The van der Waals surface area contributed by atoms with Crippen molar-refractivity contribution in [2.75, 3.05) is 0 Å². The Balaban J connectivity index is 3.60. The predicted octanol–water partition coefficient (Wildman–Crippen LogP) is 1.51. The lowest BCUT2D eigenvalue weighted by molar-refractivity contribution is 0.489. The number of rotatable bonds is 0. The highest BCUT2D eigenvalue weighted by Gasteiger charge is 2.16. The van der Waals surface area contributed by atoms with Gasteiger partial charge in [0.15, 0.2) is 11.6 Å². The van der Waals surface area contributed by atoms with Crippen molar-refractivity contribution in [3.8, 4) is 0 Å². The van der Waals surface area contributed by atoms with Crippen molar-refractivity contribution in [1.29, 1.82) is 0 Å². The molecule has 0 nitrogen and oxygen atoms in total. The van der Waals surface area contributed by atoms with E-state index in [1.54, 1.807) is 0 Å². The first-order valence-corrected chi connectivity index (χ1v) is 3.36. The molecule has 0 heterocycles. The normalized spacial score (nSPS) is 10.4. The molecule has 1 aromatic carbocycles. The van der Waals surface area contributed by atoms with Crippen LogP contribution in [0.25, 0.3) is 0 Å². The summed E-state index contributed by atoms with van der Waals surface area (Å²) in [4.78, 5) is 0. The van der Waals surface area contributed by atoms with Crippen LogP contribution in [-0.4, -0.2) is 7.85 Å². The second-order valence-electron chi connectivity index (χ2n) is 2.61. The summed E-state index contributed by atoms with van der Waals surface area (Å²) in [6.07, 6.45) is 0. The van der Waals surface area contributed by atoms with Gasteiger partial charge in [-0.15, -0.1) is 0 Å². The van der Waals surface area contributed by atoms with Gasteiger partial charge in [0.05, 0.1) is 0 Å². The molecule has 0 saturated heterocycles. The van der Waals surface area contributed by atoms with Gasteiger partial charge < -0.3 is 0 Å². The van der Waals surface area contributed by atoms with E-state index in [-0.39, 0.29) is 11.1 Å².